The van der Waals surface area contributed by atoms with Crippen LogP contribution in [0.15, 0.2) is 48.5 Å². The second kappa shape index (κ2) is 7.69. The van der Waals surface area contributed by atoms with Crippen LogP contribution < -0.4 is 5.32 Å². The SMILES string of the molecule is Cc1ccc(CSCC(=O)Nc2ccccc2I)cc1. The second-order valence-electron chi connectivity index (χ2n) is 4.51. The molecule has 0 fully saturated rings. The average molecular weight is 397 g/mol. The van der Waals surface area contributed by atoms with E-state index in [-0.39, 0.29) is 5.91 Å². The minimum Gasteiger partial charge on any atom is -0.324 e. The number of carbonyl (C=O) groups excluding carboxylic acids is 1. The highest BCUT2D eigenvalue weighted by molar-refractivity contribution is 14.1. The lowest BCUT2D eigenvalue weighted by atomic mass is 10.2. The van der Waals surface area contributed by atoms with E-state index in [1.54, 1.807) is 11.8 Å². The van der Waals surface area contributed by atoms with Crippen LogP contribution in [0.1, 0.15) is 11.1 Å². The molecule has 1 N–H and O–H groups in total. The molecule has 2 rings (SSSR count). The van der Waals surface area contributed by atoms with E-state index < -0.39 is 0 Å². The molecular formula is C16H16INOS. The molecule has 20 heavy (non-hydrogen) atoms. The highest BCUT2D eigenvalue weighted by Gasteiger charge is 2.05. The van der Waals surface area contributed by atoms with Gasteiger partial charge in [0.25, 0.3) is 0 Å². The third-order valence-electron chi connectivity index (χ3n) is 2.77. The van der Waals surface area contributed by atoms with Gasteiger partial charge in [-0.1, -0.05) is 42.0 Å². The largest absolute Gasteiger partial charge is 0.324 e. The molecule has 0 saturated carbocycles. The van der Waals surface area contributed by atoms with Gasteiger partial charge >= 0.3 is 0 Å². The molecule has 0 bridgehead atoms. The minimum absolute atomic E-state index is 0.0474. The van der Waals surface area contributed by atoms with Crippen LogP contribution in [0.25, 0.3) is 0 Å². The van der Waals surface area contributed by atoms with Gasteiger partial charge in [-0.2, -0.15) is 0 Å². The maximum Gasteiger partial charge on any atom is 0.234 e. The van der Waals surface area contributed by atoms with Crippen molar-refractivity contribution in [3.63, 3.8) is 0 Å². The zero-order valence-corrected chi connectivity index (χ0v) is 14.2. The number of aryl methyl sites for hydroxylation is 1. The number of nitrogens with one attached hydrogen (secondary N) is 1. The van der Waals surface area contributed by atoms with Crippen LogP contribution in [-0.4, -0.2) is 11.7 Å². The van der Waals surface area contributed by atoms with Gasteiger partial charge in [-0.05, 0) is 47.2 Å². The van der Waals surface area contributed by atoms with Crippen molar-refractivity contribution in [2.75, 3.05) is 11.1 Å². The van der Waals surface area contributed by atoms with Gasteiger partial charge in [-0.3, -0.25) is 4.79 Å². The average Bonchev–Trinajstić information content (AvgIpc) is 2.44. The van der Waals surface area contributed by atoms with Crippen LogP contribution in [0.4, 0.5) is 5.69 Å². The fraction of sp³-hybridized carbons (Fsp3) is 0.188. The van der Waals surface area contributed by atoms with Crippen molar-refractivity contribution in [3.05, 3.63) is 63.2 Å². The zero-order valence-electron chi connectivity index (χ0n) is 11.2. The summed E-state index contributed by atoms with van der Waals surface area (Å²) in [6.45, 7) is 2.08. The first-order chi connectivity index (χ1) is 9.65. The Labute approximate surface area is 137 Å². The van der Waals surface area contributed by atoms with Crippen LogP contribution >= 0.6 is 34.4 Å². The summed E-state index contributed by atoms with van der Waals surface area (Å²) in [7, 11) is 0. The lowest BCUT2D eigenvalue weighted by Crippen LogP contribution is -2.14. The molecule has 0 heterocycles. The molecule has 0 aliphatic carbocycles. The van der Waals surface area contributed by atoms with Crippen LogP contribution in [-0.2, 0) is 10.5 Å². The monoisotopic (exact) mass is 397 g/mol. The Morgan fingerprint density at radius 1 is 1.15 bits per heavy atom. The van der Waals surface area contributed by atoms with Crippen LogP contribution in [0.5, 0.6) is 0 Å². The highest BCUT2D eigenvalue weighted by atomic mass is 127. The number of rotatable bonds is 5. The molecule has 1 amide bonds. The molecule has 0 aromatic heterocycles. The van der Waals surface area contributed by atoms with Crippen molar-refractivity contribution in [2.45, 2.75) is 12.7 Å². The molecule has 4 heteroatoms. The molecule has 0 spiro atoms. The van der Waals surface area contributed by atoms with E-state index in [1.807, 2.05) is 24.3 Å². The fourth-order valence-corrected chi connectivity index (χ4v) is 3.00. The molecular weight excluding hydrogens is 381 g/mol. The zero-order chi connectivity index (χ0) is 14.4. The van der Waals surface area contributed by atoms with Gasteiger partial charge in [0.15, 0.2) is 0 Å². The molecule has 0 aliphatic heterocycles. The molecule has 0 aliphatic rings. The predicted molar refractivity (Wildman–Crippen MR) is 95.1 cm³/mol. The number of para-hydroxylation sites is 1. The van der Waals surface area contributed by atoms with Crippen molar-refractivity contribution in [1.82, 2.24) is 0 Å². The van der Waals surface area contributed by atoms with E-state index in [4.69, 9.17) is 0 Å². The summed E-state index contributed by atoms with van der Waals surface area (Å²) in [5.41, 5.74) is 3.40. The quantitative estimate of drug-likeness (QED) is 0.755. The summed E-state index contributed by atoms with van der Waals surface area (Å²) in [5, 5.41) is 2.94. The second-order valence-corrected chi connectivity index (χ2v) is 6.65. The Hall–Kier alpha value is -1.01. The Bertz CT molecular complexity index is 583. The first kappa shape index (κ1) is 15.4. The molecule has 0 saturated heterocycles. The summed E-state index contributed by atoms with van der Waals surface area (Å²) in [6, 6.07) is 16.2. The summed E-state index contributed by atoms with van der Waals surface area (Å²) >= 11 is 3.85. The summed E-state index contributed by atoms with van der Waals surface area (Å²) in [5.74, 6) is 1.38. The third-order valence-corrected chi connectivity index (χ3v) is 4.71. The van der Waals surface area contributed by atoms with Gasteiger partial charge in [0.05, 0.1) is 11.4 Å². The van der Waals surface area contributed by atoms with Crippen molar-refractivity contribution in [2.24, 2.45) is 0 Å². The molecule has 104 valence electrons. The molecule has 0 unspecified atom stereocenters. The number of halogens is 1. The normalized spacial score (nSPS) is 10.3. The van der Waals surface area contributed by atoms with E-state index in [0.29, 0.717) is 5.75 Å². The number of hydrogen-bond donors (Lipinski definition) is 1. The number of benzene rings is 2. The van der Waals surface area contributed by atoms with Crippen molar-refractivity contribution >= 4 is 45.9 Å². The summed E-state index contributed by atoms with van der Waals surface area (Å²) < 4.78 is 1.06. The Morgan fingerprint density at radius 2 is 1.85 bits per heavy atom. The lowest BCUT2D eigenvalue weighted by molar-refractivity contribution is -0.113. The third kappa shape index (κ3) is 4.83. The minimum atomic E-state index is 0.0474. The lowest BCUT2D eigenvalue weighted by Gasteiger charge is -2.07. The number of carbonyl (C=O) groups is 1. The van der Waals surface area contributed by atoms with E-state index >= 15 is 0 Å². The van der Waals surface area contributed by atoms with Gasteiger partial charge in [0.2, 0.25) is 5.91 Å². The van der Waals surface area contributed by atoms with E-state index in [2.05, 4.69) is 59.1 Å². The Kier molecular flexibility index (Phi) is 5.91. The fourth-order valence-electron chi connectivity index (χ4n) is 1.69. The molecule has 0 atom stereocenters. The number of amides is 1. The first-order valence-electron chi connectivity index (χ1n) is 6.33. The van der Waals surface area contributed by atoms with Crippen LogP contribution in [0, 0.1) is 10.5 Å². The maximum atomic E-state index is 11.9. The molecule has 2 aromatic rings. The van der Waals surface area contributed by atoms with Crippen LogP contribution in [0.2, 0.25) is 0 Å². The molecule has 0 radical (unpaired) electrons. The molecule has 2 nitrogen and oxygen atoms in total. The van der Waals surface area contributed by atoms with E-state index in [0.717, 1.165) is 15.0 Å². The van der Waals surface area contributed by atoms with Gasteiger partial charge in [-0.25, -0.2) is 0 Å². The topological polar surface area (TPSA) is 29.1 Å². The van der Waals surface area contributed by atoms with Gasteiger partial charge in [-0.15, -0.1) is 11.8 Å². The van der Waals surface area contributed by atoms with Gasteiger partial charge in [0, 0.05) is 9.32 Å². The van der Waals surface area contributed by atoms with Crippen molar-refractivity contribution in [1.29, 1.82) is 0 Å². The van der Waals surface area contributed by atoms with Gasteiger partial charge in [0.1, 0.15) is 0 Å². The maximum absolute atomic E-state index is 11.9. The van der Waals surface area contributed by atoms with Crippen LogP contribution in [0.3, 0.4) is 0 Å². The Morgan fingerprint density at radius 3 is 2.55 bits per heavy atom. The predicted octanol–water partition coefficient (Wildman–Crippen LogP) is 4.47. The van der Waals surface area contributed by atoms with E-state index in [9.17, 15) is 4.79 Å². The summed E-state index contributed by atoms with van der Waals surface area (Å²) in [4.78, 5) is 11.9. The standard InChI is InChI=1S/C16H16INOS/c1-12-6-8-13(9-7-12)10-20-11-16(19)18-15-5-3-2-4-14(15)17/h2-9H,10-11H2,1H3,(H,18,19). The Balaban J connectivity index is 1.78. The van der Waals surface area contributed by atoms with Crippen molar-refractivity contribution in [3.8, 4) is 0 Å². The number of thioether (sulfide) groups is 1. The highest BCUT2D eigenvalue weighted by Crippen LogP contribution is 2.18. The first-order valence-corrected chi connectivity index (χ1v) is 8.56. The van der Waals surface area contributed by atoms with E-state index in [1.165, 1.54) is 11.1 Å². The smallest absolute Gasteiger partial charge is 0.234 e. The summed E-state index contributed by atoms with van der Waals surface area (Å²) in [6.07, 6.45) is 0. The molecule has 2 aromatic carbocycles. The van der Waals surface area contributed by atoms with Gasteiger partial charge < -0.3 is 5.32 Å². The van der Waals surface area contributed by atoms with Crippen molar-refractivity contribution < 1.29 is 4.79 Å². The number of anilines is 1. The number of hydrogen-bond acceptors (Lipinski definition) is 2.